The van der Waals surface area contributed by atoms with Gasteiger partial charge in [0.05, 0.1) is 28.8 Å². The lowest BCUT2D eigenvalue weighted by Gasteiger charge is -2.25. The summed E-state index contributed by atoms with van der Waals surface area (Å²) in [5, 5.41) is 7.65. The Balaban J connectivity index is 1.95. The first kappa shape index (κ1) is 23.2. The number of nitrogens with one attached hydrogen (secondary N) is 1. The standard InChI is InChI=1S/C26H29N5O3/c1-6-20(29-25(33)34-26(2,3)4)23-28-21-14-10-13-19(17-15-27-30(5)16-17)22(21)24(32)31(23)18-11-8-7-9-12-18/h7-16,20H,6H2,1-5H3,(H,29,33)/t20-/m0/s1. The molecule has 1 atom stereocenters. The lowest BCUT2D eigenvalue weighted by molar-refractivity contribution is 0.0499. The summed E-state index contributed by atoms with van der Waals surface area (Å²) in [5.74, 6) is 0.445. The van der Waals surface area contributed by atoms with E-state index < -0.39 is 17.7 Å². The van der Waals surface area contributed by atoms with E-state index in [0.29, 0.717) is 28.8 Å². The summed E-state index contributed by atoms with van der Waals surface area (Å²) in [6.45, 7) is 7.35. The second-order valence-corrected chi connectivity index (χ2v) is 9.16. The maximum absolute atomic E-state index is 14.0. The maximum Gasteiger partial charge on any atom is 0.408 e. The maximum atomic E-state index is 14.0. The molecule has 0 bridgehead atoms. The number of fused-ring (bicyclic) bond motifs is 1. The van der Waals surface area contributed by atoms with Gasteiger partial charge in [0.25, 0.3) is 5.56 Å². The van der Waals surface area contributed by atoms with E-state index in [2.05, 4.69) is 10.4 Å². The van der Waals surface area contributed by atoms with Crippen molar-refractivity contribution in [3.63, 3.8) is 0 Å². The van der Waals surface area contributed by atoms with Crippen molar-refractivity contribution in [3.05, 3.63) is 77.1 Å². The topological polar surface area (TPSA) is 91.0 Å². The van der Waals surface area contributed by atoms with E-state index in [1.165, 1.54) is 0 Å². The lowest BCUT2D eigenvalue weighted by atomic mass is 10.0. The molecule has 0 unspecified atom stereocenters. The van der Waals surface area contributed by atoms with Crippen molar-refractivity contribution >= 4 is 17.0 Å². The Labute approximate surface area is 198 Å². The molecule has 2 aromatic heterocycles. The van der Waals surface area contributed by atoms with Crippen LogP contribution in [0.3, 0.4) is 0 Å². The van der Waals surface area contributed by atoms with Crippen LogP contribution in [-0.4, -0.2) is 31.0 Å². The Morgan fingerprint density at radius 2 is 1.85 bits per heavy atom. The summed E-state index contributed by atoms with van der Waals surface area (Å²) < 4.78 is 8.73. The molecule has 1 amide bonds. The van der Waals surface area contributed by atoms with Gasteiger partial charge in [0.2, 0.25) is 0 Å². The van der Waals surface area contributed by atoms with Gasteiger partial charge in [-0.2, -0.15) is 5.10 Å². The number of carbonyl (C=O) groups excluding carboxylic acids is 1. The number of amides is 1. The number of alkyl carbamates (subject to hydrolysis) is 1. The summed E-state index contributed by atoms with van der Waals surface area (Å²) in [7, 11) is 1.83. The second kappa shape index (κ2) is 9.13. The fourth-order valence-corrected chi connectivity index (χ4v) is 3.91. The van der Waals surface area contributed by atoms with Crippen LogP contribution < -0.4 is 10.9 Å². The van der Waals surface area contributed by atoms with Crippen molar-refractivity contribution < 1.29 is 9.53 Å². The van der Waals surface area contributed by atoms with Crippen molar-refractivity contribution in [1.82, 2.24) is 24.6 Å². The first-order valence-corrected chi connectivity index (χ1v) is 11.3. The molecular weight excluding hydrogens is 430 g/mol. The van der Waals surface area contributed by atoms with Gasteiger partial charge in [0, 0.05) is 18.8 Å². The molecule has 0 spiro atoms. The van der Waals surface area contributed by atoms with E-state index in [1.54, 1.807) is 15.4 Å². The van der Waals surface area contributed by atoms with Crippen LogP contribution >= 0.6 is 0 Å². The number of para-hydroxylation sites is 1. The van der Waals surface area contributed by atoms with Gasteiger partial charge < -0.3 is 10.1 Å². The van der Waals surface area contributed by atoms with Gasteiger partial charge in [-0.05, 0) is 51.0 Å². The SMILES string of the molecule is CC[C@H](NC(=O)OC(C)(C)C)c1nc2cccc(-c3cnn(C)c3)c2c(=O)n1-c1ccccc1. The van der Waals surface area contributed by atoms with Crippen molar-refractivity contribution in [1.29, 1.82) is 0 Å². The van der Waals surface area contributed by atoms with Crippen molar-refractivity contribution in [3.8, 4) is 16.8 Å². The van der Waals surface area contributed by atoms with Gasteiger partial charge >= 0.3 is 6.09 Å². The Morgan fingerprint density at radius 3 is 2.47 bits per heavy atom. The molecule has 0 aliphatic carbocycles. The summed E-state index contributed by atoms with van der Waals surface area (Å²) in [5.41, 5.74) is 1.96. The Bertz CT molecular complexity index is 1380. The first-order valence-electron chi connectivity index (χ1n) is 11.3. The van der Waals surface area contributed by atoms with E-state index in [0.717, 1.165) is 11.1 Å². The average Bonchev–Trinajstić information content (AvgIpc) is 3.22. The first-order chi connectivity index (χ1) is 16.2. The fraction of sp³-hybridized carbons (Fsp3) is 0.308. The third kappa shape index (κ3) is 4.71. The number of rotatable bonds is 5. The van der Waals surface area contributed by atoms with Crippen LogP contribution in [0.5, 0.6) is 0 Å². The quantitative estimate of drug-likeness (QED) is 0.465. The van der Waals surface area contributed by atoms with E-state index in [1.807, 2.05) is 89.5 Å². The van der Waals surface area contributed by atoms with Gasteiger partial charge in [0.15, 0.2) is 0 Å². The lowest BCUT2D eigenvalue weighted by Crippen LogP contribution is -2.37. The van der Waals surface area contributed by atoms with Crippen molar-refractivity contribution in [2.75, 3.05) is 0 Å². The predicted molar refractivity (Wildman–Crippen MR) is 132 cm³/mol. The summed E-state index contributed by atoms with van der Waals surface area (Å²) in [4.78, 5) is 31.5. The van der Waals surface area contributed by atoms with Crippen LogP contribution in [0.1, 0.15) is 46.0 Å². The van der Waals surface area contributed by atoms with Crippen LogP contribution in [0.25, 0.3) is 27.7 Å². The summed E-state index contributed by atoms with van der Waals surface area (Å²) in [6.07, 6.45) is 3.56. The third-order valence-corrected chi connectivity index (χ3v) is 5.36. The minimum absolute atomic E-state index is 0.213. The Kier molecular flexibility index (Phi) is 6.24. The molecule has 34 heavy (non-hydrogen) atoms. The van der Waals surface area contributed by atoms with Crippen LogP contribution in [0.2, 0.25) is 0 Å². The number of carbonyl (C=O) groups is 1. The average molecular weight is 460 g/mol. The third-order valence-electron chi connectivity index (χ3n) is 5.36. The second-order valence-electron chi connectivity index (χ2n) is 9.16. The minimum atomic E-state index is -0.642. The monoisotopic (exact) mass is 459 g/mol. The van der Waals surface area contributed by atoms with Gasteiger partial charge in [-0.25, -0.2) is 9.78 Å². The molecular formula is C26H29N5O3. The highest BCUT2D eigenvalue weighted by atomic mass is 16.6. The summed E-state index contributed by atoms with van der Waals surface area (Å²) >= 11 is 0. The van der Waals surface area contributed by atoms with Crippen molar-refractivity contribution in [2.24, 2.45) is 7.05 Å². The number of benzene rings is 2. The number of aromatic nitrogens is 4. The van der Waals surface area contributed by atoms with Gasteiger partial charge in [-0.3, -0.25) is 14.0 Å². The largest absolute Gasteiger partial charge is 0.444 e. The minimum Gasteiger partial charge on any atom is -0.444 e. The van der Waals surface area contributed by atoms with Crippen LogP contribution in [-0.2, 0) is 11.8 Å². The number of aryl methyl sites for hydroxylation is 1. The van der Waals surface area contributed by atoms with Gasteiger partial charge in [0.1, 0.15) is 11.4 Å². The van der Waals surface area contributed by atoms with E-state index in [4.69, 9.17) is 9.72 Å². The van der Waals surface area contributed by atoms with Crippen LogP contribution in [0.15, 0.2) is 65.7 Å². The molecule has 0 saturated heterocycles. The highest BCUT2D eigenvalue weighted by molar-refractivity contribution is 5.94. The van der Waals surface area contributed by atoms with Gasteiger partial charge in [-0.1, -0.05) is 37.3 Å². The van der Waals surface area contributed by atoms with Gasteiger partial charge in [-0.15, -0.1) is 0 Å². The predicted octanol–water partition coefficient (Wildman–Crippen LogP) is 4.76. The Hall–Kier alpha value is -3.94. The number of hydrogen-bond acceptors (Lipinski definition) is 5. The molecule has 8 heteroatoms. The molecule has 0 saturated carbocycles. The molecule has 0 aliphatic rings. The fourth-order valence-electron chi connectivity index (χ4n) is 3.91. The van der Waals surface area contributed by atoms with Crippen molar-refractivity contribution in [2.45, 2.75) is 45.8 Å². The highest BCUT2D eigenvalue weighted by Gasteiger charge is 2.25. The molecule has 2 aromatic carbocycles. The molecule has 2 heterocycles. The highest BCUT2D eigenvalue weighted by Crippen LogP contribution is 2.28. The molecule has 4 aromatic rings. The molecule has 1 N–H and O–H groups in total. The van der Waals surface area contributed by atoms with E-state index >= 15 is 0 Å². The Morgan fingerprint density at radius 1 is 1.12 bits per heavy atom. The van der Waals surface area contributed by atoms with Crippen LogP contribution in [0, 0.1) is 0 Å². The van der Waals surface area contributed by atoms with E-state index in [9.17, 15) is 9.59 Å². The molecule has 0 radical (unpaired) electrons. The number of nitrogens with zero attached hydrogens (tertiary/aromatic N) is 4. The normalized spacial score (nSPS) is 12.5. The summed E-state index contributed by atoms with van der Waals surface area (Å²) in [6, 6.07) is 14.4. The zero-order valence-corrected chi connectivity index (χ0v) is 20.1. The van der Waals surface area contributed by atoms with Crippen LogP contribution in [0.4, 0.5) is 4.79 Å². The molecule has 0 fully saturated rings. The number of hydrogen-bond donors (Lipinski definition) is 1. The molecule has 8 nitrogen and oxygen atoms in total. The zero-order chi connectivity index (χ0) is 24.5. The zero-order valence-electron chi connectivity index (χ0n) is 20.1. The molecule has 176 valence electrons. The number of ether oxygens (including phenoxy) is 1. The smallest absolute Gasteiger partial charge is 0.408 e. The molecule has 0 aliphatic heterocycles. The van der Waals surface area contributed by atoms with E-state index in [-0.39, 0.29) is 5.56 Å². The molecule has 4 rings (SSSR count).